The predicted octanol–water partition coefficient (Wildman–Crippen LogP) is 2.95. The number of rotatable bonds is 6. The molecule has 0 spiro atoms. The van der Waals surface area contributed by atoms with Crippen molar-refractivity contribution in [3.05, 3.63) is 63.7 Å². The van der Waals surface area contributed by atoms with Gasteiger partial charge in [0.05, 0.1) is 27.1 Å². The highest BCUT2D eigenvalue weighted by atomic mass is 35.5. The molecule has 3 rings (SSSR count). The van der Waals surface area contributed by atoms with E-state index in [4.69, 9.17) is 11.6 Å². The number of amides is 1. The summed E-state index contributed by atoms with van der Waals surface area (Å²) in [6, 6.07) is 13.1. The van der Waals surface area contributed by atoms with Crippen LogP contribution in [0.5, 0.6) is 0 Å². The summed E-state index contributed by atoms with van der Waals surface area (Å²) < 4.78 is 1.52. The quantitative estimate of drug-likeness (QED) is 0.390. The van der Waals surface area contributed by atoms with E-state index in [-0.39, 0.29) is 22.4 Å². The van der Waals surface area contributed by atoms with Crippen LogP contribution in [0, 0.1) is 10.1 Å². The summed E-state index contributed by atoms with van der Waals surface area (Å²) in [5, 5.41) is 25.3. The fourth-order valence-corrected chi connectivity index (χ4v) is 2.95. The van der Waals surface area contributed by atoms with Gasteiger partial charge in [0.2, 0.25) is 11.1 Å². The fraction of sp³-hybridized carbons (Fsp3) is 0.0667. The summed E-state index contributed by atoms with van der Waals surface area (Å²) in [6.07, 6.45) is 0. The lowest BCUT2D eigenvalue weighted by Gasteiger charge is -2.07. The number of halogens is 1. The number of nitro groups is 1. The Labute approximate surface area is 156 Å². The van der Waals surface area contributed by atoms with Gasteiger partial charge >= 0.3 is 0 Å². The van der Waals surface area contributed by atoms with E-state index >= 15 is 0 Å². The van der Waals surface area contributed by atoms with E-state index in [0.717, 1.165) is 17.4 Å². The lowest BCUT2D eigenvalue weighted by atomic mass is 10.3. The van der Waals surface area contributed by atoms with Crippen molar-refractivity contribution in [3.8, 4) is 5.69 Å². The molecule has 0 aliphatic carbocycles. The first-order valence-corrected chi connectivity index (χ1v) is 8.61. The standard InChI is InChI=1S/C15H11ClN6O3S/c16-12-8-11(22(24)25)6-7-13(12)17-14(23)9-26-15-18-19-20-21(15)10-4-2-1-3-5-10/h1-8H,9H2,(H,17,23). The Morgan fingerprint density at radius 3 is 2.73 bits per heavy atom. The van der Waals surface area contributed by atoms with E-state index in [1.54, 1.807) is 0 Å². The normalized spacial score (nSPS) is 10.5. The minimum Gasteiger partial charge on any atom is -0.324 e. The smallest absolute Gasteiger partial charge is 0.271 e. The van der Waals surface area contributed by atoms with E-state index in [9.17, 15) is 14.9 Å². The number of anilines is 1. The first-order chi connectivity index (χ1) is 12.5. The highest BCUT2D eigenvalue weighted by Crippen LogP contribution is 2.27. The molecular weight excluding hydrogens is 380 g/mol. The molecular formula is C15H11ClN6O3S. The van der Waals surface area contributed by atoms with Gasteiger partial charge in [-0.1, -0.05) is 41.6 Å². The third-order valence-electron chi connectivity index (χ3n) is 3.21. The number of tetrazole rings is 1. The summed E-state index contributed by atoms with van der Waals surface area (Å²) in [5.41, 5.74) is 0.925. The molecule has 0 aliphatic rings. The van der Waals surface area contributed by atoms with E-state index < -0.39 is 4.92 Å². The van der Waals surface area contributed by atoms with Crippen LogP contribution in [0.4, 0.5) is 11.4 Å². The molecule has 132 valence electrons. The van der Waals surface area contributed by atoms with E-state index in [1.165, 1.54) is 22.9 Å². The average molecular weight is 391 g/mol. The van der Waals surface area contributed by atoms with Gasteiger partial charge in [-0.15, -0.1) is 5.10 Å². The molecule has 0 saturated carbocycles. The van der Waals surface area contributed by atoms with Crippen LogP contribution in [0.1, 0.15) is 0 Å². The molecule has 1 heterocycles. The number of hydrogen-bond donors (Lipinski definition) is 1. The number of non-ortho nitro benzene ring substituents is 1. The van der Waals surface area contributed by atoms with Crippen LogP contribution in [0.15, 0.2) is 53.7 Å². The molecule has 0 fully saturated rings. The largest absolute Gasteiger partial charge is 0.324 e. The number of nitrogens with one attached hydrogen (secondary N) is 1. The third kappa shape index (κ3) is 4.16. The van der Waals surface area contributed by atoms with Crippen LogP contribution < -0.4 is 5.32 Å². The topological polar surface area (TPSA) is 116 Å². The number of hydrogen-bond acceptors (Lipinski definition) is 7. The lowest BCUT2D eigenvalue weighted by Crippen LogP contribution is -2.15. The van der Waals surface area contributed by atoms with Gasteiger partial charge < -0.3 is 5.32 Å². The first kappa shape index (κ1) is 17.8. The Bertz CT molecular complexity index is 950. The molecule has 2 aromatic carbocycles. The van der Waals surface area contributed by atoms with Crippen molar-refractivity contribution >= 4 is 40.6 Å². The second-order valence-corrected chi connectivity index (χ2v) is 6.32. The molecule has 0 atom stereocenters. The van der Waals surface area contributed by atoms with Crippen molar-refractivity contribution in [2.24, 2.45) is 0 Å². The molecule has 9 nitrogen and oxygen atoms in total. The van der Waals surface area contributed by atoms with Crippen LogP contribution in [0.2, 0.25) is 5.02 Å². The molecule has 0 aliphatic heterocycles. The van der Waals surface area contributed by atoms with Crippen LogP contribution >= 0.6 is 23.4 Å². The molecule has 1 amide bonds. The maximum absolute atomic E-state index is 12.1. The summed E-state index contributed by atoms with van der Waals surface area (Å²) in [7, 11) is 0. The van der Waals surface area contributed by atoms with Crippen LogP contribution in [-0.4, -0.2) is 36.8 Å². The Morgan fingerprint density at radius 2 is 2.04 bits per heavy atom. The second-order valence-electron chi connectivity index (χ2n) is 4.97. The van der Waals surface area contributed by atoms with Crippen molar-refractivity contribution in [2.45, 2.75) is 5.16 Å². The Morgan fingerprint density at radius 1 is 1.27 bits per heavy atom. The number of nitrogens with zero attached hydrogens (tertiary/aromatic N) is 5. The minimum atomic E-state index is -0.559. The highest BCUT2D eigenvalue weighted by molar-refractivity contribution is 7.99. The molecule has 0 saturated heterocycles. The zero-order valence-electron chi connectivity index (χ0n) is 13.1. The number of aromatic nitrogens is 4. The summed E-state index contributed by atoms with van der Waals surface area (Å²) in [4.78, 5) is 22.3. The number of carbonyl (C=O) groups is 1. The molecule has 0 bridgehead atoms. The van der Waals surface area contributed by atoms with E-state index in [2.05, 4.69) is 20.8 Å². The van der Waals surface area contributed by atoms with Crippen molar-refractivity contribution in [1.29, 1.82) is 0 Å². The van der Waals surface area contributed by atoms with Gasteiger partial charge in [0.25, 0.3) is 5.69 Å². The molecule has 0 unspecified atom stereocenters. The monoisotopic (exact) mass is 390 g/mol. The molecule has 0 radical (unpaired) electrons. The third-order valence-corrected chi connectivity index (χ3v) is 4.44. The van der Waals surface area contributed by atoms with Crippen LogP contribution in [0.25, 0.3) is 5.69 Å². The number of thioether (sulfide) groups is 1. The minimum absolute atomic E-state index is 0.0422. The van der Waals surface area contributed by atoms with Gasteiger partial charge in [-0.2, -0.15) is 4.68 Å². The predicted molar refractivity (Wildman–Crippen MR) is 96.6 cm³/mol. The zero-order valence-corrected chi connectivity index (χ0v) is 14.6. The van der Waals surface area contributed by atoms with Crippen molar-refractivity contribution in [1.82, 2.24) is 20.2 Å². The van der Waals surface area contributed by atoms with E-state index in [0.29, 0.717) is 10.8 Å². The first-order valence-electron chi connectivity index (χ1n) is 7.25. The second kappa shape index (κ2) is 7.93. The molecule has 3 aromatic rings. The van der Waals surface area contributed by atoms with Gasteiger partial charge in [0, 0.05) is 12.1 Å². The molecule has 11 heteroatoms. The SMILES string of the molecule is O=C(CSc1nnnn1-c1ccccc1)Nc1ccc([N+](=O)[O-])cc1Cl. The molecule has 1 aromatic heterocycles. The number of para-hydroxylation sites is 1. The highest BCUT2D eigenvalue weighted by Gasteiger charge is 2.14. The van der Waals surface area contributed by atoms with Gasteiger partial charge in [-0.05, 0) is 28.6 Å². The average Bonchev–Trinajstić information content (AvgIpc) is 3.11. The maximum Gasteiger partial charge on any atom is 0.271 e. The summed E-state index contributed by atoms with van der Waals surface area (Å²) in [5.74, 6) is -0.297. The van der Waals surface area contributed by atoms with Gasteiger partial charge in [-0.25, -0.2) is 0 Å². The fourth-order valence-electron chi connectivity index (χ4n) is 2.04. The number of benzene rings is 2. The molecule has 1 N–H and O–H groups in total. The van der Waals surface area contributed by atoms with Gasteiger partial charge in [0.1, 0.15) is 0 Å². The van der Waals surface area contributed by atoms with Crippen molar-refractivity contribution in [2.75, 3.05) is 11.1 Å². The van der Waals surface area contributed by atoms with Crippen molar-refractivity contribution < 1.29 is 9.72 Å². The van der Waals surface area contributed by atoms with Crippen LogP contribution in [-0.2, 0) is 4.79 Å². The zero-order chi connectivity index (χ0) is 18.5. The lowest BCUT2D eigenvalue weighted by molar-refractivity contribution is -0.384. The number of nitro benzene ring substituents is 1. The summed E-state index contributed by atoms with van der Waals surface area (Å²) in [6.45, 7) is 0. The number of carbonyl (C=O) groups excluding carboxylic acids is 1. The van der Waals surface area contributed by atoms with E-state index in [1.807, 2.05) is 30.3 Å². The van der Waals surface area contributed by atoms with Crippen molar-refractivity contribution in [3.63, 3.8) is 0 Å². The van der Waals surface area contributed by atoms with Gasteiger partial charge in [-0.3, -0.25) is 14.9 Å². The molecule has 26 heavy (non-hydrogen) atoms. The Hall–Kier alpha value is -2.98. The Balaban J connectivity index is 1.64. The summed E-state index contributed by atoms with van der Waals surface area (Å²) >= 11 is 7.11. The van der Waals surface area contributed by atoms with Crippen LogP contribution in [0.3, 0.4) is 0 Å². The Kier molecular flexibility index (Phi) is 5.44. The van der Waals surface area contributed by atoms with Gasteiger partial charge in [0.15, 0.2) is 0 Å². The maximum atomic E-state index is 12.1.